The molecule has 106 valence electrons. The van der Waals surface area contributed by atoms with Crippen LogP contribution in [-0.4, -0.2) is 15.9 Å². The summed E-state index contributed by atoms with van der Waals surface area (Å²) in [6.07, 6.45) is 4.63. The zero-order valence-electron chi connectivity index (χ0n) is 11.5. The molecule has 0 aliphatic heterocycles. The van der Waals surface area contributed by atoms with Crippen LogP contribution in [0.1, 0.15) is 24.6 Å². The van der Waals surface area contributed by atoms with Crippen LogP contribution in [0.25, 0.3) is 17.1 Å². The Labute approximate surface area is 121 Å². The number of furan rings is 1. The highest BCUT2D eigenvalue weighted by molar-refractivity contribution is 5.91. The number of aromatic amines is 1. The number of benzene rings is 1. The van der Waals surface area contributed by atoms with E-state index in [0.717, 1.165) is 16.9 Å². The van der Waals surface area contributed by atoms with Crippen LogP contribution >= 0.6 is 0 Å². The van der Waals surface area contributed by atoms with E-state index in [0.29, 0.717) is 5.76 Å². The Hall–Kier alpha value is -2.82. The lowest BCUT2D eigenvalue weighted by molar-refractivity contribution is -0.117. The average Bonchev–Trinajstić information content (AvgIpc) is 3.14. The maximum atomic E-state index is 11.9. The zero-order valence-corrected chi connectivity index (χ0v) is 11.5. The molecule has 2 N–H and O–H groups in total. The molecule has 0 saturated heterocycles. The van der Waals surface area contributed by atoms with Gasteiger partial charge in [-0.25, -0.2) is 4.98 Å². The Bertz CT molecular complexity index is 739. The van der Waals surface area contributed by atoms with Crippen LogP contribution in [0.2, 0.25) is 0 Å². The van der Waals surface area contributed by atoms with E-state index in [1.165, 1.54) is 6.08 Å². The van der Waals surface area contributed by atoms with Crippen molar-refractivity contribution < 1.29 is 9.21 Å². The molecule has 1 unspecified atom stereocenters. The summed E-state index contributed by atoms with van der Waals surface area (Å²) in [6.45, 7) is 1.89. The van der Waals surface area contributed by atoms with E-state index in [4.69, 9.17) is 4.42 Å². The molecule has 1 aromatic carbocycles. The molecule has 0 fully saturated rings. The summed E-state index contributed by atoms with van der Waals surface area (Å²) in [5.41, 5.74) is 1.85. The number of hydrogen-bond acceptors (Lipinski definition) is 3. The van der Waals surface area contributed by atoms with Gasteiger partial charge < -0.3 is 14.7 Å². The standard InChI is InChI=1S/C16H15N3O2/c1-11(16-18-13-6-2-3-7-14(13)19-16)17-15(20)9-8-12-5-4-10-21-12/h2-11H,1H3,(H,17,20)(H,18,19)/b9-8+. The summed E-state index contributed by atoms with van der Waals surface area (Å²) in [7, 11) is 0. The zero-order chi connectivity index (χ0) is 14.7. The first-order chi connectivity index (χ1) is 10.2. The summed E-state index contributed by atoms with van der Waals surface area (Å²) < 4.78 is 5.13. The van der Waals surface area contributed by atoms with Crippen LogP contribution in [-0.2, 0) is 4.79 Å². The summed E-state index contributed by atoms with van der Waals surface area (Å²) in [5.74, 6) is 1.18. The Kier molecular flexibility index (Phi) is 3.55. The van der Waals surface area contributed by atoms with Crippen molar-refractivity contribution in [2.45, 2.75) is 13.0 Å². The number of nitrogens with one attached hydrogen (secondary N) is 2. The van der Waals surface area contributed by atoms with Gasteiger partial charge in [-0.3, -0.25) is 4.79 Å². The molecule has 3 rings (SSSR count). The molecule has 5 nitrogen and oxygen atoms in total. The maximum Gasteiger partial charge on any atom is 0.244 e. The molecule has 0 aliphatic carbocycles. The number of carbonyl (C=O) groups is 1. The number of fused-ring (bicyclic) bond motifs is 1. The van der Waals surface area contributed by atoms with E-state index >= 15 is 0 Å². The molecule has 0 aliphatic rings. The van der Waals surface area contributed by atoms with E-state index < -0.39 is 0 Å². The van der Waals surface area contributed by atoms with Gasteiger partial charge in [0.15, 0.2) is 0 Å². The number of nitrogens with zero attached hydrogens (tertiary/aromatic N) is 1. The van der Waals surface area contributed by atoms with Crippen LogP contribution in [0.3, 0.4) is 0 Å². The van der Waals surface area contributed by atoms with Crippen molar-refractivity contribution in [3.05, 3.63) is 60.3 Å². The first kappa shape index (κ1) is 13.2. The monoisotopic (exact) mass is 281 g/mol. The van der Waals surface area contributed by atoms with E-state index in [-0.39, 0.29) is 11.9 Å². The number of aromatic nitrogens is 2. The lowest BCUT2D eigenvalue weighted by Crippen LogP contribution is -2.25. The van der Waals surface area contributed by atoms with Gasteiger partial charge in [0.1, 0.15) is 11.6 Å². The van der Waals surface area contributed by atoms with Gasteiger partial charge in [-0.15, -0.1) is 0 Å². The van der Waals surface area contributed by atoms with Gasteiger partial charge in [0, 0.05) is 6.08 Å². The smallest absolute Gasteiger partial charge is 0.244 e. The fraction of sp³-hybridized carbons (Fsp3) is 0.125. The van der Waals surface area contributed by atoms with Crippen molar-refractivity contribution in [3.8, 4) is 0 Å². The number of carbonyl (C=O) groups excluding carboxylic acids is 1. The second-order valence-corrected chi connectivity index (χ2v) is 4.72. The Morgan fingerprint density at radius 3 is 2.95 bits per heavy atom. The predicted octanol–water partition coefficient (Wildman–Crippen LogP) is 3.05. The highest BCUT2D eigenvalue weighted by Gasteiger charge is 2.12. The molecule has 0 bridgehead atoms. The molecule has 2 heterocycles. The van der Waals surface area contributed by atoms with Crippen molar-refractivity contribution in [1.82, 2.24) is 15.3 Å². The first-order valence-electron chi connectivity index (χ1n) is 6.69. The Balaban J connectivity index is 1.67. The van der Waals surface area contributed by atoms with E-state index in [9.17, 15) is 4.79 Å². The molecule has 21 heavy (non-hydrogen) atoms. The largest absolute Gasteiger partial charge is 0.465 e. The molecule has 2 aromatic heterocycles. The quantitative estimate of drug-likeness (QED) is 0.722. The van der Waals surface area contributed by atoms with Crippen molar-refractivity contribution in [2.24, 2.45) is 0 Å². The average molecular weight is 281 g/mol. The third-order valence-corrected chi connectivity index (χ3v) is 3.12. The summed E-state index contributed by atoms with van der Waals surface area (Å²) >= 11 is 0. The van der Waals surface area contributed by atoms with Crippen LogP contribution in [0, 0.1) is 0 Å². The SMILES string of the molecule is CC(NC(=O)/C=C/c1ccco1)c1nc2ccccc2[nH]1. The van der Waals surface area contributed by atoms with Crippen LogP contribution < -0.4 is 5.32 Å². The molecule has 3 aromatic rings. The number of rotatable bonds is 4. The van der Waals surface area contributed by atoms with Gasteiger partial charge in [0.05, 0.1) is 23.3 Å². The highest BCUT2D eigenvalue weighted by Crippen LogP contribution is 2.15. The van der Waals surface area contributed by atoms with Crippen LogP contribution in [0.4, 0.5) is 0 Å². The van der Waals surface area contributed by atoms with Gasteiger partial charge >= 0.3 is 0 Å². The van der Waals surface area contributed by atoms with Crippen LogP contribution in [0.5, 0.6) is 0 Å². The molecular formula is C16H15N3O2. The minimum Gasteiger partial charge on any atom is -0.465 e. The minimum absolute atomic E-state index is 0.195. The molecule has 1 amide bonds. The third kappa shape index (κ3) is 3.02. The number of imidazole rings is 1. The highest BCUT2D eigenvalue weighted by atomic mass is 16.3. The Morgan fingerprint density at radius 1 is 1.33 bits per heavy atom. The normalized spacial score (nSPS) is 12.8. The summed E-state index contributed by atoms with van der Waals surface area (Å²) in [4.78, 5) is 19.5. The van der Waals surface area contributed by atoms with Gasteiger partial charge in [0.2, 0.25) is 5.91 Å². The Morgan fingerprint density at radius 2 is 2.19 bits per heavy atom. The number of para-hydroxylation sites is 2. The van der Waals surface area contributed by atoms with Crippen molar-refractivity contribution >= 4 is 23.0 Å². The van der Waals surface area contributed by atoms with Gasteiger partial charge in [-0.1, -0.05) is 12.1 Å². The molecule has 1 atom stereocenters. The minimum atomic E-state index is -0.203. The number of H-pyrrole nitrogens is 1. The van der Waals surface area contributed by atoms with Crippen molar-refractivity contribution in [3.63, 3.8) is 0 Å². The lowest BCUT2D eigenvalue weighted by atomic mass is 10.3. The van der Waals surface area contributed by atoms with Gasteiger partial charge in [0.25, 0.3) is 0 Å². The number of amides is 1. The summed E-state index contributed by atoms with van der Waals surface area (Å²) in [5, 5.41) is 2.86. The molecule has 0 saturated carbocycles. The third-order valence-electron chi connectivity index (χ3n) is 3.12. The van der Waals surface area contributed by atoms with Gasteiger partial charge in [-0.05, 0) is 37.3 Å². The summed E-state index contributed by atoms with van der Waals surface area (Å²) in [6, 6.07) is 11.1. The maximum absolute atomic E-state index is 11.9. The lowest BCUT2D eigenvalue weighted by Gasteiger charge is -2.08. The van der Waals surface area contributed by atoms with Crippen LogP contribution in [0.15, 0.2) is 53.2 Å². The molecular weight excluding hydrogens is 266 g/mol. The predicted molar refractivity (Wildman–Crippen MR) is 80.4 cm³/mol. The van der Waals surface area contributed by atoms with E-state index in [1.807, 2.05) is 31.2 Å². The first-order valence-corrected chi connectivity index (χ1v) is 6.69. The van der Waals surface area contributed by atoms with Crippen molar-refractivity contribution in [1.29, 1.82) is 0 Å². The molecule has 0 spiro atoms. The topological polar surface area (TPSA) is 70.9 Å². The second-order valence-electron chi connectivity index (χ2n) is 4.72. The fourth-order valence-corrected chi connectivity index (χ4v) is 2.05. The van der Waals surface area contributed by atoms with Gasteiger partial charge in [-0.2, -0.15) is 0 Å². The molecule has 0 radical (unpaired) electrons. The fourth-order valence-electron chi connectivity index (χ4n) is 2.05. The van der Waals surface area contributed by atoms with E-state index in [1.54, 1.807) is 24.5 Å². The second kappa shape index (κ2) is 5.66. The number of hydrogen-bond donors (Lipinski definition) is 2. The molecule has 5 heteroatoms. The van der Waals surface area contributed by atoms with E-state index in [2.05, 4.69) is 15.3 Å². The van der Waals surface area contributed by atoms with Crippen molar-refractivity contribution in [2.75, 3.05) is 0 Å².